The smallest absolute Gasteiger partial charge is 0.188 e. The van der Waals surface area contributed by atoms with Crippen LogP contribution in [0.15, 0.2) is 42.7 Å². The van der Waals surface area contributed by atoms with Crippen molar-refractivity contribution in [3.8, 4) is 21.3 Å². The molecule has 0 aliphatic rings. The maximum Gasteiger partial charge on any atom is 0.188 e. The van der Waals surface area contributed by atoms with Gasteiger partial charge in [0.15, 0.2) is 10.8 Å². The average Bonchev–Trinajstić information content (AvgIpc) is 2.93. The van der Waals surface area contributed by atoms with E-state index in [1.807, 2.05) is 25.1 Å². The van der Waals surface area contributed by atoms with Gasteiger partial charge < -0.3 is 5.73 Å². The summed E-state index contributed by atoms with van der Waals surface area (Å²) in [5, 5.41) is 0.810. The van der Waals surface area contributed by atoms with Crippen LogP contribution in [0.5, 0.6) is 0 Å². The van der Waals surface area contributed by atoms with Crippen molar-refractivity contribution in [2.75, 3.05) is 0 Å². The zero-order valence-electron chi connectivity index (χ0n) is 11.1. The quantitative estimate of drug-likeness (QED) is 0.802. The summed E-state index contributed by atoms with van der Waals surface area (Å²) in [4.78, 5) is 14.3. The van der Waals surface area contributed by atoms with E-state index in [-0.39, 0.29) is 0 Å². The maximum absolute atomic E-state index is 5.81. The summed E-state index contributed by atoms with van der Waals surface area (Å²) in [5.41, 5.74) is 8.86. The van der Waals surface area contributed by atoms with Gasteiger partial charge in [0.25, 0.3) is 0 Å². The Labute approximate surface area is 121 Å². The summed E-state index contributed by atoms with van der Waals surface area (Å²) in [5.74, 6) is 0.650. The van der Waals surface area contributed by atoms with E-state index in [0.29, 0.717) is 12.4 Å². The van der Waals surface area contributed by atoms with Gasteiger partial charge >= 0.3 is 0 Å². The third kappa shape index (κ3) is 2.45. The lowest BCUT2D eigenvalue weighted by molar-refractivity contribution is 1.01. The van der Waals surface area contributed by atoms with Crippen LogP contribution in [-0.2, 0) is 6.54 Å². The number of hydrogen-bond donors (Lipinski definition) is 1. The van der Waals surface area contributed by atoms with Crippen LogP contribution >= 0.6 is 11.3 Å². The Morgan fingerprint density at radius 3 is 2.45 bits per heavy atom. The second kappa shape index (κ2) is 5.48. The monoisotopic (exact) mass is 282 g/mol. The Balaban J connectivity index is 2.07. The molecule has 5 heteroatoms. The van der Waals surface area contributed by atoms with Gasteiger partial charge in [0, 0.05) is 18.9 Å². The number of aromatic nitrogens is 3. The fourth-order valence-electron chi connectivity index (χ4n) is 1.90. The van der Waals surface area contributed by atoms with Crippen LogP contribution in [0.3, 0.4) is 0 Å². The predicted octanol–water partition coefficient (Wildman–Crippen LogP) is 3.03. The highest BCUT2D eigenvalue weighted by molar-refractivity contribution is 7.18. The zero-order valence-corrected chi connectivity index (χ0v) is 11.9. The fourth-order valence-corrected chi connectivity index (χ4v) is 2.95. The summed E-state index contributed by atoms with van der Waals surface area (Å²) in [7, 11) is 0. The highest BCUT2D eigenvalue weighted by Gasteiger charge is 2.14. The number of rotatable bonds is 3. The molecule has 0 saturated carbocycles. The lowest BCUT2D eigenvalue weighted by atomic mass is 10.1. The van der Waals surface area contributed by atoms with Crippen LogP contribution in [0.4, 0.5) is 0 Å². The van der Waals surface area contributed by atoms with Gasteiger partial charge in [-0.3, -0.25) is 0 Å². The molecule has 20 heavy (non-hydrogen) atoms. The standard InChI is InChI=1S/C15H14N4S/c1-10-8-17-14(18-9-10)15-19-12(7-16)13(20-15)11-5-3-2-4-6-11/h2-6,8-9H,7,16H2,1H3. The van der Waals surface area contributed by atoms with Crippen LogP contribution in [0.25, 0.3) is 21.3 Å². The van der Waals surface area contributed by atoms with Crippen LogP contribution in [0.2, 0.25) is 0 Å². The molecule has 4 nitrogen and oxygen atoms in total. The summed E-state index contributed by atoms with van der Waals surface area (Å²) in [6, 6.07) is 10.1. The van der Waals surface area contributed by atoms with Crippen LogP contribution in [0, 0.1) is 6.92 Å². The molecule has 0 bridgehead atoms. The Kier molecular flexibility index (Phi) is 3.54. The molecule has 0 aliphatic heterocycles. The van der Waals surface area contributed by atoms with Gasteiger partial charge in [-0.25, -0.2) is 15.0 Å². The third-order valence-electron chi connectivity index (χ3n) is 2.90. The molecule has 0 spiro atoms. The van der Waals surface area contributed by atoms with Crippen molar-refractivity contribution in [3.63, 3.8) is 0 Å². The lowest BCUT2D eigenvalue weighted by Gasteiger charge is -1.98. The molecule has 0 aliphatic carbocycles. The number of thiazole rings is 1. The second-order valence-corrected chi connectivity index (χ2v) is 5.45. The molecule has 0 unspecified atom stereocenters. The minimum atomic E-state index is 0.409. The largest absolute Gasteiger partial charge is 0.325 e. The summed E-state index contributed by atoms with van der Waals surface area (Å²) < 4.78 is 0. The first kappa shape index (κ1) is 12.9. The maximum atomic E-state index is 5.81. The third-order valence-corrected chi connectivity index (χ3v) is 4.04. The van der Waals surface area contributed by atoms with Crippen molar-refractivity contribution in [3.05, 3.63) is 54.0 Å². The number of nitrogens with zero attached hydrogens (tertiary/aromatic N) is 3. The molecule has 0 atom stereocenters. The molecule has 3 aromatic rings. The topological polar surface area (TPSA) is 64.7 Å². The summed E-state index contributed by atoms with van der Waals surface area (Å²) in [6.45, 7) is 2.37. The van der Waals surface area contributed by atoms with Crippen molar-refractivity contribution in [2.24, 2.45) is 5.73 Å². The average molecular weight is 282 g/mol. The highest BCUT2D eigenvalue weighted by atomic mass is 32.1. The molecule has 2 N–H and O–H groups in total. The van der Waals surface area contributed by atoms with Gasteiger partial charge in [0.05, 0.1) is 10.6 Å². The van der Waals surface area contributed by atoms with Crippen LogP contribution < -0.4 is 5.73 Å². The van der Waals surface area contributed by atoms with Gasteiger partial charge in [-0.1, -0.05) is 30.3 Å². The van der Waals surface area contributed by atoms with E-state index in [0.717, 1.165) is 26.7 Å². The normalized spacial score (nSPS) is 10.7. The fraction of sp³-hybridized carbons (Fsp3) is 0.133. The van der Waals surface area contributed by atoms with Gasteiger partial charge in [-0.15, -0.1) is 11.3 Å². The number of aryl methyl sites for hydroxylation is 1. The van der Waals surface area contributed by atoms with E-state index >= 15 is 0 Å². The molecule has 0 amide bonds. The van der Waals surface area contributed by atoms with E-state index in [4.69, 9.17) is 5.73 Å². The molecule has 2 heterocycles. The SMILES string of the molecule is Cc1cnc(-c2nc(CN)c(-c3ccccc3)s2)nc1. The lowest BCUT2D eigenvalue weighted by Crippen LogP contribution is -1.98. The second-order valence-electron chi connectivity index (χ2n) is 4.45. The number of hydrogen-bond acceptors (Lipinski definition) is 5. The Hall–Kier alpha value is -2.11. The number of benzene rings is 1. The minimum Gasteiger partial charge on any atom is -0.325 e. The molecule has 0 saturated heterocycles. The Morgan fingerprint density at radius 1 is 1.10 bits per heavy atom. The molecule has 1 aromatic carbocycles. The summed E-state index contributed by atoms with van der Waals surface area (Å²) in [6.07, 6.45) is 3.60. The Bertz CT molecular complexity index is 704. The van der Waals surface area contributed by atoms with Gasteiger partial charge in [0.2, 0.25) is 0 Å². The summed E-state index contributed by atoms with van der Waals surface area (Å²) >= 11 is 1.58. The molecule has 2 aromatic heterocycles. The first-order chi connectivity index (χ1) is 9.78. The van der Waals surface area contributed by atoms with Crippen molar-refractivity contribution < 1.29 is 0 Å². The van der Waals surface area contributed by atoms with Crippen molar-refractivity contribution >= 4 is 11.3 Å². The minimum absolute atomic E-state index is 0.409. The molecule has 3 rings (SSSR count). The zero-order chi connectivity index (χ0) is 13.9. The van der Waals surface area contributed by atoms with Gasteiger partial charge in [0.1, 0.15) is 0 Å². The Morgan fingerprint density at radius 2 is 1.80 bits per heavy atom. The van der Waals surface area contributed by atoms with Crippen LogP contribution in [-0.4, -0.2) is 15.0 Å². The van der Waals surface area contributed by atoms with Gasteiger partial charge in [-0.05, 0) is 18.1 Å². The van der Waals surface area contributed by atoms with E-state index < -0.39 is 0 Å². The van der Waals surface area contributed by atoms with E-state index in [2.05, 4.69) is 27.1 Å². The van der Waals surface area contributed by atoms with E-state index in [9.17, 15) is 0 Å². The van der Waals surface area contributed by atoms with Gasteiger partial charge in [-0.2, -0.15) is 0 Å². The highest BCUT2D eigenvalue weighted by Crippen LogP contribution is 2.33. The molecule has 100 valence electrons. The predicted molar refractivity (Wildman–Crippen MR) is 81.2 cm³/mol. The first-order valence-corrected chi connectivity index (χ1v) is 7.14. The van der Waals surface area contributed by atoms with Crippen molar-refractivity contribution in [1.82, 2.24) is 15.0 Å². The van der Waals surface area contributed by atoms with E-state index in [1.54, 1.807) is 23.7 Å². The molecule has 0 radical (unpaired) electrons. The number of nitrogens with two attached hydrogens (primary N) is 1. The molecule has 0 fully saturated rings. The molecular weight excluding hydrogens is 268 g/mol. The van der Waals surface area contributed by atoms with Crippen LogP contribution in [0.1, 0.15) is 11.3 Å². The van der Waals surface area contributed by atoms with Crippen molar-refractivity contribution in [1.29, 1.82) is 0 Å². The molecular formula is C15H14N4S. The van der Waals surface area contributed by atoms with Crippen molar-refractivity contribution in [2.45, 2.75) is 13.5 Å². The van der Waals surface area contributed by atoms with E-state index in [1.165, 1.54) is 0 Å². The first-order valence-electron chi connectivity index (χ1n) is 6.32.